The van der Waals surface area contributed by atoms with Crippen LogP contribution in [0.25, 0.3) is 0 Å². The molecule has 0 radical (unpaired) electrons. The van der Waals surface area contributed by atoms with Crippen molar-refractivity contribution in [2.75, 3.05) is 0 Å². The Morgan fingerprint density at radius 1 is 0.943 bits per heavy atom. The molecule has 35 heavy (non-hydrogen) atoms. The highest BCUT2D eigenvalue weighted by Gasteiger charge is 2.31. The molecule has 0 aliphatic rings. The number of nitrogens with one attached hydrogen (secondary N) is 1. The molecule has 0 saturated heterocycles. The van der Waals surface area contributed by atoms with E-state index in [1.807, 2.05) is 76.2 Å². The van der Waals surface area contributed by atoms with Gasteiger partial charge in [0.15, 0.2) is 0 Å². The molecule has 3 aromatic carbocycles. The second-order valence-corrected chi connectivity index (χ2v) is 9.24. The molecule has 0 unspecified atom stereocenters. The van der Waals surface area contributed by atoms with Gasteiger partial charge in [0.1, 0.15) is 11.9 Å². The molecular formula is C30H35FN2O2. The first kappa shape index (κ1) is 26.1. The van der Waals surface area contributed by atoms with Crippen LogP contribution in [0.2, 0.25) is 0 Å². The highest BCUT2D eigenvalue weighted by molar-refractivity contribution is 5.89. The van der Waals surface area contributed by atoms with Gasteiger partial charge in [-0.25, -0.2) is 4.39 Å². The lowest BCUT2D eigenvalue weighted by molar-refractivity contribution is -0.141. The quantitative estimate of drug-likeness (QED) is 0.419. The lowest BCUT2D eigenvalue weighted by atomic mass is 9.99. The molecular weight excluding hydrogens is 439 g/mol. The first-order chi connectivity index (χ1) is 16.8. The first-order valence-corrected chi connectivity index (χ1v) is 12.2. The normalized spacial score (nSPS) is 12.6. The van der Waals surface area contributed by atoms with Gasteiger partial charge in [-0.2, -0.15) is 0 Å². The van der Waals surface area contributed by atoms with Crippen molar-refractivity contribution < 1.29 is 14.0 Å². The van der Waals surface area contributed by atoms with Crippen molar-refractivity contribution in [3.63, 3.8) is 0 Å². The third-order valence-corrected chi connectivity index (χ3v) is 6.42. The van der Waals surface area contributed by atoms with Crippen LogP contribution in [-0.2, 0) is 29.0 Å². The van der Waals surface area contributed by atoms with E-state index in [0.717, 1.165) is 28.7 Å². The van der Waals surface area contributed by atoms with Gasteiger partial charge in [0, 0.05) is 24.6 Å². The maximum atomic E-state index is 14.7. The van der Waals surface area contributed by atoms with Crippen molar-refractivity contribution in [3.8, 4) is 0 Å². The van der Waals surface area contributed by atoms with Crippen LogP contribution < -0.4 is 5.32 Å². The Morgan fingerprint density at radius 2 is 1.63 bits per heavy atom. The third-order valence-electron chi connectivity index (χ3n) is 6.42. The van der Waals surface area contributed by atoms with E-state index in [-0.39, 0.29) is 30.8 Å². The zero-order chi connectivity index (χ0) is 25.4. The Balaban J connectivity index is 2.01. The molecule has 0 aromatic heterocycles. The summed E-state index contributed by atoms with van der Waals surface area (Å²) in [6, 6.07) is 21.3. The highest BCUT2D eigenvalue weighted by atomic mass is 19.1. The number of benzene rings is 3. The predicted molar refractivity (Wildman–Crippen MR) is 138 cm³/mol. The summed E-state index contributed by atoms with van der Waals surface area (Å²) in [6.45, 7) is 7.92. The van der Waals surface area contributed by atoms with Gasteiger partial charge in [0.25, 0.3) is 0 Å². The summed E-state index contributed by atoms with van der Waals surface area (Å²) in [5, 5.41) is 3.04. The summed E-state index contributed by atoms with van der Waals surface area (Å²) in [5.74, 6) is -0.825. The van der Waals surface area contributed by atoms with E-state index in [4.69, 9.17) is 0 Å². The molecule has 2 atom stereocenters. The number of carbonyl (C=O) groups is 2. The van der Waals surface area contributed by atoms with E-state index in [9.17, 15) is 14.0 Å². The van der Waals surface area contributed by atoms with Crippen LogP contribution in [0.15, 0.2) is 72.8 Å². The van der Waals surface area contributed by atoms with Crippen molar-refractivity contribution in [2.45, 2.75) is 65.6 Å². The van der Waals surface area contributed by atoms with Gasteiger partial charge in [-0.3, -0.25) is 9.59 Å². The van der Waals surface area contributed by atoms with Crippen LogP contribution in [0, 0.1) is 19.7 Å². The lowest BCUT2D eigenvalue weighted by Crippen LogP contribution is -2.52. The predicted octanol–water partition coefficient (Wildman–Crippen LogP) is 5.54. The first-order valence-electron chi connectivity index (χ1n) is 12.2. The van der Waals surface area contributed by atoms with Gasteiger partial charge in [-0.15, -0.1) is 0 Å². The van der Waals surface area contributed by atoms with Gasteiger partial charge < -0.3 is 10.2 Å². The summed E-state index contributed by atoms with van der Waals surface area (Å²) in [7, 11) is 0. The number of aryl methyl sites for hydroxylation is 2. The molecule has 1 N–H and O–H groups in total. The Bertz CT molecular complexity index is 1150. The van der Waals surface area contributed by atoms with E-state index in [2.05, 4.69) is 5.32 Å². The van der Waals surface area contributed by atoms with Crippen molar-refractivity contribution in [2.24, 2.45) is 0 Å². The minimum atomic E-state index is -0.774. The molecule has 0 aliphatic heterocycles. The highest BCUT2D eigenvalue weighted by Crippen LogP contribution is 2.20. The summed E-state index contributed by atoms with van der Waals surface area (Å²) in [5.41, 5.74) is 4.31. The van der Waals surface area contributed by atoms with E-state index in [1.165, 1.54) is 6.07 Å². The molecule has 3 rings (SSSR count). The molecule has 3 aromatic rings. The summed E-state index contributed by atoms with van der Waals surface area (Å²) in [4.78, 5) is 28.9. The Kier molecular flexibility index (Phi) is 9.18. The van der Waals surface area contributed by atoms with E-state index >= 15 is 0 Å². The number of amides is 2. The van der Waals surface area contributed by atoms with E-state index < -0.39 is 11.9 Å². The Morgan fingerprint density at radius 3 is 2.31 bits per heavy atom. The zero-order valence-corrected chi connectivity index (χ0v) is 21.1. The van der Waals surface area contributed by atoms with Crippen molar-refractivity contribution >= 4 is 11.8 Å². The standard InChI is InChI=1S/C30H35FN2O2/c1-5-23(4)32-30(35)28(18-24-11-7-6-8-12-24)33(20-25-13-9-10-14-27(25)31)29(34)19-26-17-21(2)15-16-22(26)3/h6-17,23,28H,5,18-20H2,1-4H3,(H,32,35)/t23-,28+/m0/s1. The van der Waals surface area contributed by atoms with Crippen molar-refractivity contribution in [3.05, 3.63) is 106 Å². The number of hydrogen-bond donors (Lipinski definition) is 1. The zero-order valence-electron chi connectivity index (χ0n) is 21.1. The number of halogens is 1. The fourth-order valence-corrected chi connectivity index (χ4v) is 4.06. The molecule has 5 heteroatoms. The fraction of sp³-hybridized carbons (Fsp3) is 0.333. The van der Waals surface area contributed by atoms with Crippen molar-refractivity contribution in [1.82, 2.24) is 10.2 Å². The number of rotatable bonds is 10. The molecule has 0 aliphatic carbocycles. The van der Waals surface area contributed by atoms with Gasteiger partial charge in [0.2, 0.25) is 11.8 Å². The Hall–Kier alpha value is -3.47. The second kappa shape index (κ2) is 12.3. The summed E-state index contributed by atoms with van der Waals surface area (Å²) in [6.07, 6.45) is 1.26. The molecule has 4 nitrogen and oxygen atoms in total. The summed E-state index contributed by atoms with van der Waals surface area (Å²) < 4.78 is 14.7. The van der Waals surface area contributed by atoms with Crippen LogP contribution in [-0.4, -0.2) is 28.8 Å². The SMILES string of the molecule is CC[C@H](C)NC(=O)[C@@H](Cc1ccccc1)N(Cc1ccccc1F)C(=O)Cc1cc(C)ccc1C. The minimum absolute atomic E-state index is 0.0157. The monoisotopic (exact) mass is 474 g/mol. The molecule has 0 bridgehead atoms. The molecule has 0 heterocycles. The summed E-state index contributed by atoms with van der Waals surface area (Å²) >= 11 is 0. The molecule has 184 valence electrons. The topological polar surface area (TPSA) is 49.4 Å². The fourth-order valence-electron chi connectivity index (χ4n) is 4.06. The van der Waals surface area contributed by atoms with Crippen LogP contribution in [0.5, 0.6) is 0 Å². The van der Waals surface area contributed by atoms with E-state index in [0.29, 0.717) is 12.0 Å². The van der Waals surface area contributed by atoms with E-state index in [1.54, 1.807) is 23.1 Å². The number of carbonyl (C=O) groups excluding carboxylic acids is 2. The number of nitrogens with zero attached hydrogens (tertiary/aromatic N) is 1. The van der Waals surface area contributed by atoms with Crippen LogP contribution >= 0.6 is 0 Å². The van der Waals surface area contributed by atoms with Gasteiger partial charge in [0.05, 0.1) is 6.42 Å². The van der Waals surface area contributed by atoms with Gasteiger partial charge >= 0.3 is 0 Å². The average molecular weight is 475 g/mol. The largest absolute Gasteiger partial charge is 0.352 e. The second-order valence-electron chi connectivity index (χ2n) is 9.24. The minimum Gasteiger partial charge on any atom is -0.352 e. The Labute approximate surface area is 208 Å². The third kappa shape index (κ3) is 7.25. The lowest BCUT2D eigenvalue weighted by Gasteiger charge is -2.32. The van der Waals surface area contributed by atoms with Crippen LogP contribution in [0.1, 0.15) is 48.1 Å². The van der Waals surface area contributed by atoms with Crippen LogP contribution in [0.3, 0.4) is 0 Å². The van der Waals surface area contributed by atoms with Crippen LogP contribution in [0.4, 0.5) is 4.39 Å². The van der Waals surface area contributed by atoms with Gasteiger partial charge in [-0.1, -0.05) is 79.2 Å². The van der Waals surface area contributed by atoms with Crippen molar-refractivity contribution in [1.29, 1.82) is 0 Å². The molecule has 0 saturated carbocycles. The van der Waals surface area contributed by atoms with Gasteiger partial charge in [-0.05, 0) is 49.9 Å². The molecule has 0 fully saturated rings. The number of hydrogen-bond acceptors (Lipinski definition) is 2. The maximum absolute atomic E-state index is 14.7. The average Bonchev–Trinajstić information content (AvgIpc) is 2.85. The smallest absolute Gasteiger partial charge is 0.243 e. The molecule has 2 amide bonds. The molecule has 0 spiro atoms. The maximum Gasteiger partial charge on any atom is 0.243 e.